The number of nitrogens with one attached hydrogen (secondary N) is 1. The molecule has 1 fully saturated rings. The summed E-state index contributed by atoms with van der Waals surface area (Å²) >= 11 is 1.86. The normalized spacial score (nSPS) is 14.9. The summed E-state index contributed by atoms with van der Waals surface area (Å²) in [5.74, 6) is 1.42. The van der Waals surface area contributed by atoms with Crippen molar-refractivity contribution >= 4 is 11.3 Å². The molecule has 1 aromatic carbocycles. The first-order valence-electron chi connectivity index (χ1n) is 7.49. The van der Waals surface area contributed by atoms with E-state index in [2.05, 4.69) is 49.5 Å². The molecular formula is C17H22N2S. The van der Waals surface area contributed by atoms with Crippen LogP contribution in [-0.4, -0.2) is 11.5 Å². The molecular weight excluding hydrogens is 264 g/mol. The Morgan fingerprint density at radius 3 is 2.65 bits per heavy atom. The first kappa shape index (κ1) is 13.8. The Bertz CT molecular complexity index is 556. The van der Waals surface area contributed by atoms with Crippen LogP contribution in [0.4, 0.5) is 0 Å². The van der Waals surface area contributed by atoms with E-state index in [0.717, 1.165) is 19.0 Å². The molecule has 2 aromatic rings. The third kappa shape index (κ3) is 3.28. The summed E-state index contributed by atoms with van der Waals surface area (Å²) in [5.41, 5.74) is 2.60. The predicted octanol–water partition coefficient (Wildman–Crippen LogP) is 4.43. The molecule has 1 aliphatic rings. The summed E-state index contributed by atoms with van der Waals surface area (Å²) in [5, 5.41) is 4.73. The molecule has 0 radical (unpaired) electrons. The number of benzene rings is 1. The minimum absolute atomic E-state index is 0.695. The molecule has 0 amide bonds. The second-order valence-corrected chi connectivity index (χ2v) is 7.08. The van der Waals surface area contributed by atoms with E-state index in [0.29, 0.717) is 5.92 Å². The van der Waals surface area contributed by atoms with Gasteiger partial charge in [-0.2, -0.15) is 0 Å². The van der Waals surface area contributed by atoms with Crippen molar-refractivity contribution in [2.45, 2.75) is 39.2 Å². The molecule has 3 heteroatoms. The summed E-state index contributed by atoms with van der Waals surface area (Å²) in [7, 11) is 0. The molecule has 2 nitrogen and oxygen atoms in total. The van der Waals surface area contributed by atoms with Gasteiger partial charge < -0.3 is 5.32 Å². The van der Waals surface area contributed by atoms with Crippen molar-refractivity contribution in [3.8, 4) is 10.6 Å². The predicted molar refractivity (Wildman–Crippen MR) is 86.1 cm³/mol. The highest BCUT2D eigenvalue weighted by molar-refractivity contribution is 7.15. The molecule has 0 unspecified atom stereocenters. The van der Waals surface area contributed by atoms with Crippen molar-refractivity contribution in [3.05, 3.63) is 40.9 Å². The lowest BCUT2D eigenvalue weighted by Gasteiger charge is -2.06. The molecule has 0 saturated heterocycles. The topological polar surface area (TPSA) is 24.9 Å². The second-order valence-electron chi connectivity index (χ2n) is 5.99. The maximum Gasteiger partial charge on any atom is 0.123 e. The van der Waals surface area contributed by atoms with Crippen LogP contribution in [0.2, 0.25) is 0 Å². The van der Waals surface area contributed by atoms with E-state index in [1.54, 1.807) is 0 Å². The summed E-state index contributed by atoms with van der Waals surface area (Å²) in [6.45, 7) is 6.53. The zero-order valence-corrected chi connectivity index (χ0v) is 13.0. The summed E-state index contributed by atoms with van der Waals surface area (Å²) in [4.78, 5) is 6.36. The lowest BCUT2D eigenvalue weighted by Crippen LogP contribution is -2.18. The summed E-state index contributed by atoms with van der Waals surface area (Å²) in [6.07, 6.45) is 2.63. The van der Waals surface area contributed by atoms with Crippen molar-refractivity contribution in [1.82, 2.24) is 10.3 Å². The fourth-order valence-electron chi connectivity index (χ4n) is 2.34. The highest BCUT2D eigenvalue weighted by atomic mass is 32.1. The Kier molecular flexibility index (Phi) is 4.18. The van der Waals surface area contributed by atoms with Gasteiger partial charge in [-0.05, 0) is 25.3 Å². The molecule has 0 aliphatic heterocycles. The minimum atomic E-state index is 0.695. The molecule has 3 rings (SSSR count). The molecule has 0 spiro atoms. The summed E-state index contributed by atoms with van der Waals surface area (Å²) in [6, 6.07) is 10.5. The van der Waals surface area contributed by atoms with Crippen LogP contribution in [0, 0.1) is 5.92 Å². The quantitative estimate of drug-likeness (QED) is 0.849. The number of aromatic nitrogens is 1. The van der Waals surface area contributed by atoms with Gasteiger partial charge in [0.05, 0.1) is 5.69 Å². The number of thiazole rings is 1. The first-order valence-corrected chi connectivity index (χ1v) is 8.31. The van der Waals surface area contributed by atoms with Gasteiger partial charge in [-0.1, -0.05) is 44.2 Å². The van der Waals surface area contributed by atoms with E-state index in [1.165, 1.54) is 34.0 Å². The first-order chi connectivity index (χ1) is 9.74. The molecule has 1 aromatic heterocycles. The molecule has 1 saturated carbocycles. The van der Waals surface area contributed by atoms with E-state index < -0.39 is 0 Å². The zero-order chi connectivity index (χ0) is 13.9. The smallest absolute Gasteiger partial charge is 0.123 e. The van der Waals surface area contributed by atoms with Gasteiger partial charge in [-0.3, -0.25) is 0 Å². The molecule has 1 N–H and O–H groups in total. The van der Waals surface area contributed by atoms with Crippen LogP contribution in [0.5, 0.6) is 0 Å². The van der Waals surface area contributed by atoms with Gasteiger partial charge in [-0.25, -0.2) is 4.98 Å². The largest absolute Gasteiger partial charge is 0.312 e. The lowest BCUT2D eigenvalue weighted by molar-refractivity contribution is 0.553. The van der Waals surface area contributed by atoms with Crippen molar-refractivity contribution < 1.29 is 0 Å². The SMILES string of the molecule is CC(C)CNCc1sc(-c2ccccc2)nc1C1CC1. The van der Waals surface area contributed by atoms with Crippen molar-refractivity contribution in [2.24, 2.45) is 5.92 Å². The Balaban J connectivity index is 1.79. The van der Waals surface area contributed by atoms with E-state index >= 15 is 0 Å². The van der Waals surface area contributed by atoms with Crippen molar-refractivity contribution in [2.75, 3.05) is 6.54 Å². The van der Waals surface area contributed by atoms with Crippen LogP contribution >= 0.6 is 11.3 Å². The Morgan fingerprint density at radius 1 is 1.25 bits per heavy atom. The van der Waals surface area contributed by atoms with Gasteiger partial charge in [0.1, 0.15) is 5.01 Å². The van der Waals surface area contributed by atoms with E-state index in [9.17, 15) is 0 Å². The van der Waals surface area contributed by atoms with Crippen LogP contribution in [0.1, 0.15) is 43.2 Å². The maximum atomic E-state index is 4.92. The Labute approximate surface area is 125 Å². The Morgan fingerprint density at radius 2 is 2.00 bits per heavy atom. The number of hydrogen-bond acceptors (Lipinski definition) is 3. The maximum absolute atomic E-state index is 4.92. The van der Waals surface area contributed by atoms with Gasteiger partial charge >= 0.3 is 0 Å². The number of hydrogen-bond donors (Lipinski definition) is 1. The van der Waals surface area contributed by atoms with Gasteiger partial charge in [0.2, 0.25) is 0 Å². The van der Waals surface area contributed by atoms with Gasteiger partial charge in [0.15, 0.2) is 0 Å². The lowest BCUT2D eigenvalue weighted by atomic mass is 10.2. The molecule has 0 atom stereocenters. The third-order valence-corrected chi connectivity index (χ3v) is 4.67. The molecule has 0 bridgehead atoms. The highest BCUT2D eigenvalue weighted by Gasteiger charge is 2.29. The molecule has 1 heterocycles. The van der Waals surface area contributed by atoms with Gasteiger partial charge in [-0.15, -0.1) is 11.3 Å². The fraction of sp³-hybridized carbons (Fsp3) is 0.471. The van der Waals surface area contributed by atoms with Crippen molar-refractivity contribution in [3.63, 3.8) is 0 Å². The van der Waals surface area contributed by atoms with Crippen LogP contribution in [0.3, 0.4) is 0 Å². The third-order valence-electron chi connectivity index (χ3n) is 3.55. The van der Waals surface area contributed by atoms with Crippen LogP contribution in [0.25, 0.3) is 10.6 Å². The average molecular weight is 286 g/mol. The second kappa shape index (κ2) is 6.06. The van der Waals surface area contributed by atoms with Crippen LogP contribution in [-0.2, 0) is 6.54 Å². The standard InChI is InChI=1S/C17H22N2S/c1-12(2)10-18-11-15-16(13-8-9-13)19-17(20-15)14-6-4-3-5-7-14/h3-7,12-13,18H,8-11H2,1-2H3. The van der Waals surface area contributed by atoms with Crippen LogP contribution < -0.4 is 5.32 Å². The highest BCUT2D eigenvalue weighted by Crippen LogP contribution is 2.44. The molecule has 20 heavy (non-hydrogen) atoms. The average Bonchev–Trinajstić information content (AvgIpc) is 3.20. The number of rotatable bonds is 6. The van der Waals surface area contributed by atoms with E-state index in [4.69, 9.17) is 4.98 Å². The molecule has 1 aliphatic carbocycles. The van der Waals surface area contributed by atoms with E-state index in [1.807, 2.05) is 11.3 Å². The zero-order valence-electron chi connectivity index (χ0n) is 12.2. The monoisotopic (exact) mass is 286 g/mol. The minimum Gasteiger partial charge on any atom is -0.312 e. The van der Waals surface area contributed by atoms with Gasteiger partial charge in [0.25, 0.3) is 0 Å². The number of nitrogens with zero attached hydrogens (tertiary/aromatic N) is 1. The van der Waals surface area contributed by atoms with Gasteiger partial charge in [0, 0.05) is 22.9 Å². The Hall–Kier alpha value is -1.19. The van der Waals surface area contributed by atoms with E-state index in [-0.39, 0.29) is 0 Å². The fourth-order valence-corrected chi connectivity index (χ4v) is 3.47. The van der Waals surface area contributed by atoms with Crippen molar-refractivity contribution in [1.29, 1.82) is 0 Å². The molecule has 106 valence electrons. The van der Waals surface area contributed by atoms with Crippen LogP contribution in [0.15, 0.2) is 30.3 Å². The summed E-state index contributed by atoms with van der Waals surface area (Å²) < 4.78 is 0.